The van der Waals surface area contributed by atoms with E-state index < -0.39 is 5.97 Å². The van der Waals surface area contributed by atoms with E-state index in [9.17, 15) is 4.79 Å². The van der Waals surface area contributed by atoms with Gasteiger partial charge in [-0.2, -0.15) is 0 Å². The summed E-state index contributed by atoms with van der Waals surface area (Å²) in [7, 11) is 0. The number of carbonyl (C=O) groups is 1. The second-order valence-corrected chi connectivity index (χ2v) is 5.50. The van der Waals surface area contributed by atoms with Crippen LogP contribution in [0, 0.1) is 12.8 Å². The van der Waals surface area contributed by atoms with Gasteiger partial charge in [-0.15, -0.1) is 10.2 Å². The van der Waals surface area contributed by atoms with Crippen molar-refractivity contribution in [3.63, 3.8) is 0 Å². The molecule has 0 aliphatic carbocycles. The zero-order valence-corrected chi connectivity index (χ0v) is 12.6. The van der Waals surface area contributed by atoms with E-state index in [0.717, 1.165) is 5.82 Å². The second-order valence-electron chi connectivity index (χ2n) is 4.55. The minimum absolute atomic E-state index is 0.0163. The van der Waals surface area contributed by atoms with Crippen molar-refractivity contribution in [3.05, 3.63) is 5.82 Å². The Bertz CT molecular complexity index is 420. The molecule has 0 aliphatic heterocycles. The fraction of sp³-hybridized carbons (Fsp3) is 0.750. The maximum atomic E-state index is 10.7. The standard InChI is InChI=1S/C12H21N3O3S/c1-5-18-6-10(8(2)3)15-9(4)13-14-12(15)19-7-11(16)17/h8,10H,5-7H2,1-4H3,(H,16,17). The van der Waals surface area contributed by atoms with Gasteiger partial charge in [0.15, 0.2) is 5.16 Å². The first-order valence-electron chi connectivity index (χ1n) is 6.31. The summed E-state index contributed by atoms with van der Waals surface area (Å²) in [6.07, 6.45) is 0. The van der Waals surface area contributed by atoms with Gasteiger partial charge in [0.25, 0.3) is 0 Å². The number of aromatic nitrogens is 3. The van der Waals surface area contributed by atoms with E-state index in [-0.39, 0.29) is 11.8 Å². The number of hydrogen-bond acceptors (Lipinski definition) is 5. The second kappa shape index (κ2) is 7.49. The molecule has 0 saturated heterocycles. The van der Waals surface area contributed by atoms with Crippen molar-refractivity contribution in [2.75, 3.05) is 19.0 Å². The Morgan fingerprint density at radius 1 is 1.47 bits per heavy atom. The number of hydrogen-bond donors (Lipinski definition) is 1. The monoisotopic (exact) mass is 287 g/mol. The molecule has 1 unspecified atom stereocenters. The Morgan fingerprint density at radius 3 is 2.68 bits per heavy atom. The van der Waals surface area contributed by atoms with Crippen LogP contribution in [0.25, 0.3) is 0 Å². The molecule has 19 heavy (non-hydrogen) atoms. The molecular weight excluding hydrogens is 266 g/mol. The molecule has 0 aliphatic rings. The lowest BCUT2D eigenvalue weighted by atomic mass is 10.1. The van der Waals surface area contributed by atoms with Crippen LogP contribution in [0.4, 0.5) is 0 Å². The van der Waals surface area contributed by atoms with Gasteiger partial charge in [0.2, 0.25) is 0 Å². The number of ether oxygens (including phenoxy) is 1. The van der Waals surface area contributed by atoms with Crippen molar-refractivity contribution in [1.82, 2.24) is 14.8 Å². The minimum atomic E-state index is -0.858. The van der Waals surface area contributed by atoms with Crippen LogP contribution in [0.3, 0.4) is 0 Å². The molecule has 0 radical (unpaired) electrons. The first-order chi connectivity index (χ1) is 8.97. The summed E-state index contributed by atoms with van der Waals surface area (Å²) in [5, 5.41) is 17.5. The maximum Gasteiger partial charge on any atom is 0.313 e. The zero-order valence-electron chi connectivity index (χ0n) is 11.8. The highest BCUT2D eigenvalue weighted by Crippen LogP contribution is 2.26. The molecule has 0 fully saturated rings. The third-order valence-electron chi connectivity index (χ3n) is 2.75. The molecule has 1 atom stereocenters. The van der Waals surface area contributed by atoms with E-state index in [0.29, 0.717) is 24.3 Å². The van der Waals surface area contributed by atoms with Gasteiger partial charge in [-0.05, 0) is 19.8 Å². The van der Waals surface area contributed by atoms with Gasteiger partial charge in [-0.25, -0.2) is 0 Å². The number of aryl methyl sites for hydroxylation is 1. The highest BCUT2D eigenvalue weighted by molar-refractivity contribution is 7.99. The number of rotatable bonds is 8. The van der Waals surface area contributed by atoms with Crippen LogP contribution in [-0.4, -0.2) is 44.8 Å². The Morgan fingerprint density at radius 2 is 2.16 bits per heavy atom. The molecule has 0 spiro atoms. The average Bonchev–Trinajstić information content (AvgIpc) is 2.69. The van der Waals surface area contributed by atoms with Gasteiger partial charge in [0.05, 0.1) is 18.4 Å². The van der Waals surface area contributed by atoms with Crippen molar-refractivity contribution in [1.29, 1.82) is 0 Å². The fourth-order valence-corrected chi connectivity index (χ4v) is 2.52. The highest BCUT2D eigenvalue weighted by Gasteiger charge is 2.22. The first kappa shape index (κ1) is 16.0. The molecule has 1 heterocycles. The van der Waals surface area contributed by atoms with Crippen molar-refractivity contribution < 1.29 is 14.6 Å². The van der Waals surface area contributed by atoms with Crippen LogP contribution >= 0.6 is 11.8 Å². The van der Waals surface area contributed by atoms with Crippen molar-refractivity contribution in [2.45, 2.75) is 38.9 Å². The van der Waals surface area contributed by atoms with Crippen LogP contribution in [-0.2, 0) is 9.53 Å². The first-order valence-corrected chi connectivity index (χ1v) is 7.29. The summed E-state index contributed by atoms with van der Waals surface area (Å²) >= 11 is 1.19. The lowest BCUT2D eigenvalue weighted by molar-refractivity contribution is -0.133. The van der Waals surface area contributed by atoms with Gasteiger partial charge < -0.3 is 14.4 Å². The van der Waals surface area contributed by atoms with E-state index in [1.54, 1.807) is 0 Å². The molecular formula is C12H21N3O3S. The normalized spacial score (nSPS) is 12.9. The largest absolute Gasteiger partial charge is 0.481 e. The number of aliphatic carboxylic acids is 1. The lowest BCUT2D eigenvalue weighted by Crippen LogP contribution is -2.23. The summed E-state index contributed by atoms with van der Waals surface area (Å²) in [5.74, 6) is 0.261. The van der Waals surface area contributed by atoms with E-state index in [1.807, 2.05) is 18.4 Å². The summed E-state index contributed by atoms with van der Waals surface area (Å²) in [6, 6.07) is 0.117. The summed E-state index contributed by atoms with van der Waals surface area (Å²) in [5.41, 5.74) is 0. The van der Waals surface area contributed by atoms with Crippen LogP contribution in [0.5, 0.6) is 0 Å². The maximum absolute atomic E-state index is 10.7. The Hall–Kier alpha value is -1.08. The number of carboxylic acids is 1. The minimum Gasteiger partial charge on any atom is -0.481 e. The molecule has 0 aromatic carbocycles. The van der Waals surface area contributed by atoms with Crippen molar-refractivity contribution in [3.8, 4) is 0 Å². The zero-order chi connectivity index (χ0) is 14.4. The molecule has 1 aromatic rings. The van der Waals surface area contributed by atoms with Crippen molar-refractivity contribution in [2.24, 2.45) is 5.92 Å². The molecule has 1 N–H and O–H groups in total. The predicted molar refractivity (Wildman–Crippen MR) is 73.5 cm³/mol. The summed E-state index contributed by atoms with van der Waals surface area (Å²) in [4.78, 5) is 10.7. The fourth-order valence-electron chi connectivity index (χ4n) is 1.76. The van der Waals surface area contributed by atoms with Crippen LogP contribution in [0.2, 0.25) is 0 Å². The molecule has 0 bridgehead atoms. The van der Waals surface area contributed by atoms with E-state index in [1.165, 1.54) is 11.8 Å². The Labute approximate surface area is 117 Å². The van der Waals surface area contributed by atoms with Crippen LogP contribution < -0.4 is 0 Å². The Balaban J connectivity index is 2.93. The smallest absolute Gasteiger partial charge is 0.313 e. The van der Waals surface area contributed by atoms with Gasteiger partial charge >= 0.3 is 5.97 Å². The van der Waals surface area contributed by atoms with E-state index >= 15 is 0 Å². The topological polar surface area (TPSA) is 77.2 Å². The SMILES string of the molecule is CCOCC(C(C)C)n1c(C)nnc1SCC(=O)O. The molecule has 108 valence electrons. The molecule has 0 amide bonds. The van der Waals surface area contributed by atoms with Crippen LogP contribution in [0.15, 0.2) is 5.16 Å². The van der Waals surface area contributed by atoms with Gasteiger partial charge in [-0.3, -0.25) is 4.79 Å². The molecule has 1 rings (SSSR count). The average molecular weight is 287 g/mol. The third-order valence-corrected chi connectivity index (χ3v) is 3.68. The lowest BCUT2D eigenvalue weighted by Gasteiger charge is -2.24. The predicted octanol–water partition coefficient (Wildman–Crippen LogP) is 2.00. The van der Waals surface area contributed by atoms with Gasteiger partial charge in [-0.1, -0.05) is 25.6 Å². The summed E-state index contributed by atoms with van der Waals surface area (Å²) in [6.45, 7) is 9.27. The highest BCUT2D eigenvalue weighted by atomic mass is 32.2. The third kappa shape index (κ3) is 4.50. The molecule has 1 aromatic heterocycles. The number of nitrogens with zero attached hydrogens (tertiary/aromatic N) is 3. The van der Waals surface area contributed by atoms with E-state index in [4.69, 9.17) is 9.84 Å². The van der Waals surface area contributed by atoms with Crippen LogP contribution in [0.1, 0.15) is 32.6 Å². The van der Waals surface area contributed by atoms with Gasteiger partial charge in [0.1, 0.15) is 5.82 Å². The quantitative estimate of drug-likeness (QED) is 0.737. The molecule has 6 nitrogen and oxygen atoms in total. The van der Waals surface area contributed by atoms with Crippen molar-refractivity contribution >= 4 is 17.7 Å². The summed E-state index contributed by atoms with van der Waals surface area (Å²) < 4.78 is 7.49. The Kier molecular flexibility index (Phi) is 6.30. The van der Waals surface area contributed by atoms with Gasteiger partial charge in [0, 0.05) is 6.61 Å². The molecule has 0 saturated carbocycles. The van der Waals surface area contributed by atoms with E-state index in [2.05, 4.69) is 24.0 Å². The molecule has 7 heteroatoms. The number of thioether (sulfide) groups is 1. The number of carboxylic acid groups (broad SMARTS) is 1.